The molecule has 1 aliphatic heterocycles. The maximum atomic E-state index is 9.79. The van der Waals surface area contributed by atoms with Crippen molar-refractivity contribution in [2.24, 2.45) is 0 Å². The smallest absolute Gasteiger partial charge is 0.200 e. The number of hydrogen-bond acceptors (Lipinski definition) is 7. The summed E-state index contributed by atoms with van der Waals surface area (Å²) in [5.41, 5.74) is 3.15. The van der Waals surface area contributed by atoms with E-state index in [1.807, 2.05) is 12.5 Å². The van der Waals surface area contributed by atoms with Crippen molar-refractivity contribution in [3.63, 3.8) is 0 Å². The van der Waals surface area contributed by atoms with E-state index in [0.717, 1.165) is 41.5 Å². The summed E-state index contributed by atoms with van der Waals surface area (Å²) in [6, 6.07) is 3.32. The predicted octanol–water partition coefficient (Wildman–Crippen LogP) is 2.18. The molecule has 0 fully saturated rings. The van der Waals surface area contributed by atoms with E-state index >= 15 is 0 Å². The highest BCUT2D eigenvalue weighted by Crippen LogP contribution is 2.36. The summed E-state index contributed by atoms with van der Waals surface area (Å²) >= 11 is 1.55. The Morgan fingerprint density at radius 1 is 1.35 bits per heavy atom. The molecule has 2 heterocycles. The van der Waals surface area contributed by atoms with E-state index in [4.69, 9.17) is 4.74 Å². The molecule has 0 saturated carbocycles. The zero-order valence-corrected chi connectivity index (χ0v) is 13.9. The van der Waals surface area contributed by atoms with Crippen LogP contribution in [0.4, 0.5) is 0 Å². The molecule has 3 rings (SSSR count). The molecule has 1 aromatic heterocycles. The van der Waals surface area contributed by atoms with Crippen molar-refractivity contribution in [3.05, 3.63) is 35.2 Å². The monoisotopic (exact) mass is 333 g/mol. The third kappa shape index (κ3) is 3.35. The minimum Gasteiger partial charge on any atom is -0.504 e. The van der Waals surface area contributed by atoms with Crippen LogP contribution in [-0.2, 0) is 19.5 Å². The Hall–Kier alpha value is -1.99. The third-order valence-electron chi connectivity index (χ3n) is 3.91. The average Bonchev–Trinajstić information content (AvgIpc) is 2.57. The van der Waals surface area contributed by atoms with Crippen LogP contribution in [0.3, 0.4) is 0 Å². The first kappa shape index (κ1) is 15.9. The van der Waals surface area contributed by atoms with Gasteiger partial charge in [0, 0.05) is 37.8 Å². The van der Waals surface area contributed by atoms with Gasteiger partial charge in [-0.3, -0.25) is 4.90 Å². The van der Waals surface area contributed by atoms with Crippen LogP contribution in [0.25, 0.3) is 0 Å². The fourth-order valence-corrected chi connectivity index (χ4v) is 3.10. The molecule has 6 nitrogen and oxygen atoms in total. The van der Waals surface area contributed by atoms with Crippen LogP contribution in [-0.4, -0.2) is 45.0 Å². The number of phenolic OH excluding ortho intramolecular Hbond substituents is 2. The summed E-state index contributed by atoms with van der Waals surface area (Å²) in [6.07, 6.45) is 4.75. The van der Waals surface area contributed by atoms with Gasteiger partial charge in [-0.2, -0.15) is 0 Å². The van der Waals surface area contributed by atoms with Crippen LogP contribution >= 0.6 is 11.8 Å². The van der Waals surface area contributed by atoms with Gasteiger partial charge in [0.2, 0.25) is 5.75 Å². The lowest BCUT2D eigenvalue weighted by Crippen LogP contribution is -2.30. The molecule has 0 atom stereocenters. The minimum atomic E-state index is -0.224. The molecule has 23 heavy (non-hydrogen) atoms. The molecule has 0 unspecified atom stereocenters. The highest BCUT2D eigenvalue weighted by atomic mass is 32.2. The van der Waals surface area contributed by atoms with Crippen LogP contribution in [0.5, 0.6) is 17.2 Å². The number of benzene rings is 1. The number of ether oxygens (including phenoxy) is 1. The molecular formula is C16H19N3O3S. The summed E-state index contributed by atoms with van der Waals surface area (Å²) in [5.74, 6) is -0.103. The maximum absolute atomic E-state index is 9.79. The Morgan fingerprint density at radius 2 is 2.17 bits per heavy atom. The Morgan fingerprint density at radius 3 is 2.91 bits per heavy atom. The summed E-state index contributed by atoms with van der Waals surface area (Å²) in [7, 11) is 1.47. The van der Waals surface area contributed by atoms with E-state index in [0.29, 0.717) is 6.54 Å². The number of phenols is 2. The SMILES string of the molecule is COc1cc(CN2CCc3nc(SC)ncc3C2)cc(O)c1O. The van der Waals surface area contributed by atoms with Crippen molar-refractivity contribution in [2.75, 3.05) is 19.9 Å². The molecule has 7 heteroatoms. The molecule has 1 aliphatic rings. The van der Waals surface area contributed by atoms with Gasteiger partial charge in [-0.1, -0.05) is 11.8 Å². The normalized spacial score (nSPS) is 14.5. The summed E-state index contributed by atoms with van der Waals surface area (Å²) in [6.45, 7) is 2.32. The number of nitrogens with zero attached hydrogens (tertiary/aromatic N) is 3. The summed E-state index contributed by atoms with van der Waals surface area (Å²) in [5, 5.41) is 20.3. The molecule has 0 amide bonds. The lowest BCUT2D eigenvalue weighted by atomic mass is 10.1. The standard InChI is InChI=1S/C16H19N3O3S/c1-22-14-6-10(5-13(20)15(14)21)8-19-4-3-12-11(9-19)7-17-16(18-12)23-2/h5-7,20-21H,3-4,8-9H2,1-2H3. The van der Waals surface area contributed by atoms with E-state index in [2.05, 4.69) is 14.9 Å². The van der Waals surface area contributed by atoms with Gasteiger partial charge in [0.25, 0.3) is 0 Å². The van der Waals surface area contributed by atoms with Crippen LogP contribution in [0.2, 0.25) is 0 Å². The molecular weight excluding hydrogens is 314 g/mol. The highest BCUT2D eigenvalue weighted by molar-refractivity contribution is 7.98. The molecule has 0 saturated heterocycles. The van der Waals surface area contributed by atoms with Crippen molar-refractivity contribution in [1.29, 1.82) is 0 Å². The Balaban J connectivity index is 1.76. The quantitative estimate of drug-likeness (QED) is 0.504. The maximum Gasteiger partial charge on any atom is 0.200 e. The van der Waals surface area contributed by atoms with Gasteiger partial charge in [-0.15, -0.1) is 0 Å². The number of fused-ring (bicyclic) bond motifs is 1. The van der Waals surface area contributed by atoms with Crippen molar-refractivity contribution in [2.45, 2.75) is 24.7 Å². The minimum absolute atomic E-state index is 0.162. The van der Waals surface area contributed by atoms with E-state index in [1.165, 1.54) is 7.11 Å². The zero-order valence-electron chi connectivity index (χ0n) is 13.1. The summed E-state index contributed by atoms with van der Waals surface area (Å²) in [4.78, 5) is 11.2. The van der Waals surface area contributed by atoms with Crippen molar-refractivity contribution >= 4 is 11.8 Å². The molecule has 0 spiro atoms. The van der Waals surface area contributed by atoms with E-state index in [1.54, 1.807) is 23.9 Å². The summed E-state index contributed by atoms with van der Waals surface area (Å²) < 4.78 is 5.09. The van der Waals surface area contributed by atoms with Gasteiger partial charge in [0.1, 0.15) is 0 Å². The Bertz CT molecular complexity index is 724. The van der Waals surface area contributed by atoms with E-state index < -0.39 is 0 Å². The van der Waals surface area contributed by atoms with Crippen LogP contribution in [0.1, 0.15) is 16.8 Å². The fourth-order valence-electron chi connectivity index (χ4n) is 2.74. The zero-order chi connectivity index (χ0) is 16.4. The lowest BCUT2D eigenvalue weighted by molar-refractivity contribution is 0.241. The predicted molar refractivity (Wildman–Crippen MR) is 88.0 cm³/mol. The Labute approximate surface area is 139 Å². The first-order valence-electron chi connectivity index (χ1n) is 7.30. The van der Waals surface area contributed by atoms with Gasteiger partial charge in [0.05, 0.1) is 12.8 Å². The number of methoxy groups -OCH3 is 1. The number of aromatic nitrogens is 2. The van der Waals surface area contributed by atoms with E-state index in [-0.39, 0.29) is 17.2 Å². The number of rotatable bonds is 4. The highest BCUT2D eigenvalue weighted by Gasteiger charge is 2.19. The lowest BCUT2D eigenvalue weighted by Gasteiger charge is -2.28. The van der Waals surface area contributed by atoms with Gasteiger partial charge >= 0.3 is 0 Å². The molecule has 122 valence electrons. The first-order chi connectivity index (χ1) is 11.1. The van der Waals surface area contributed by atoms with E-state index in [9.17, 15) is 10.2 Å². The molecule has 2 N–H and O–H groups in total. The third-order valence-corrected chi connectivity index (χ3v) is 4.48. The van der Waals surface area contributed by atoms with Crippen molar-refractivity contribution in [1.82, 2.24) is 14.9 Å². The van der Waals surface area contributed by atoms with Crippen molar-refractivity contribution in [3.8, 4) is 17.2 Å². The fraction of sp³-hybridized carbons (Fsp3) is 0.375. The Kier molecular flexibility index (Phi) is 4.58. The van der Waals surface area contributed by atoms with Gasteiger partial charge < -0.3 is 14.9 Å². The molecule has 2 aromatic rings. The largest absolute Gasteiger partial charge is 0.504 e. The molecule has 0 aliphatic carbocycles. The van der Waals surface area contributed by atoms with Crippen LogP contribution in [0.15, 0.2) is 23.5 Å². The second kappa shape index (κ2) is 6.64. The first-order valence-corrected chi connectivity index (χ1v) is 8.53. The van der Waals surface area contributed by atoms with Crippen LogP contribution in [0, 0.1) is 0 Å². The van der Waals surface area contributed by atoms with Gasteiger partial charge in [0.15, 0.2) is 16.7 Å². The van der Waals surface area contributed by atoms with Crippen LogP contribution < -0.4 is 4.74 Å². The second-order valence-corrected chi connectivity index (χ2v) is 6.23. The van der Waals surface area contributed by atoms with Crippen molar-refractivity contribution < 1.29 is 14.9 Å². The topological polar surface area (TPSA) is 78.7 Å². The van der Waals surface area contributed by atoms with Gasteiger partial charge in [-0.05, 0) is 24.0 Å². The number of aromatic hydroxyl groups is 2. The molecule has 0 radical (unpaired) electrons. The van der Waals surface area contributed by atoms with Gasteiger partial charge in [-0.25, -0.2) is 9.97 Å². The second-order valence-electron chi connectivity index (χ2n) is 5.46. The molecule has 0 bridgehead atoms. The number of thioether (sulfide) groups is 1. The number of hydrogen-bond donors (Lipinski definition) is 2. The molecule has 1 aromatic carbocycles. The average molecular weight is 333 g/mol.